The molecule has 0 aliphatic heterocycles. The van der Waals surface area contributed by atoms with Crippen molar-refractivity contribution in [1.29, 1.82) is 0 Å². The molecule has 0 radical (unpaired) electrons. The second kappa shape index (κ2) is 6.75. The molecule has 0 saturated carbocycles. The van der Waals surface area contributed by atoms with Gasteiger partial charge in [0, 0.05) is 19.5 Å². The van der Waals surface area contributed by atoms with Crippen molar-refractivity contribution in [2.45, 2.75) is 39.8 Å². The van der Waals surface area contributed by atoms with Crippen LogP contribution in [0.5, 0.6) is 0 Å². The van der Waals surface area contributed by atoms with E-state index in [2.05, 4.69) is 10.00 Å². The summed E-state index contributed by atoms with van der Waals surface area (Å²) >= 11 is 6.22. The summed E-state index contributed by atoms with van der Waals surface area (Å²) in [4.78, 5) is 12.5. The third-order valence-electron chi connectivity index (χ3n) is 2.80. The van der Waals surface area contributed by atoms with E-state index in [0.717, 1.165) is 24.5 Å². The Hall–Kier alpha value is -1.07. The molecule has 1 heterocycles. The van der Waals surface area contributed by atoms with Crippen LogP contribution in [-0.4, -0.2) is 39.3 Å². The summed E-state index contributed by atoms with van der Waals surface area (Å²) in [6.45, 7) is 6.12. The van der Waals surface area contributed by atoms with E-state index in [-0.39, 0.29) is 6.42 Å². The van der Waals surface area contributed by atoms with Crippen LogP contribution >= 0.6 is 11.6 Å². The molecule has 1 N–H and O–H groups in total. The topological polar surface area (TPSA) is 58.4 Å². The molecule has 0 aliphatic rings. The predicted molar refractivity (Wildman–Crippen MR) is 70.9 cm³/mol. The minimum absolute atomic E-state index is 0.199. The number of hydrogen-bond acceptors (Lipinski definition) is 3. The van der Waals surface area contributed by atoms with Crippen LogP contribution in [0.15, 0.2) is 0 Å². The molecule has 6 heteroatoms. The van der Waals surface area contributed by atoms with Gasteiger partial charge in [0.1, 0.15) is 0 Å². The lowest BCUT2D eigenvalue weighted by atomic mass is 10.3. The Labute approximate surface area is 112 Å². The molecule has 1 rings (SSSR count). The van der Waals surface area contributed by atoms with Gasteiger partial charge in [-0.25, -0.2) is 0 Å². The molecule has 0 saturated heterocycles. The maximum absolute atomic E-state index is 10.4. The van der Waals surface area contributed by atoms with E-state index < -0.39 is 5.97 Å². The Kier molecular flexibility index (Phi) is 5.62. The first-order valence-electron chi connectivity index (χ1n) is 6.07. The maximum atomic E-state index is 10.4. The number of aliphatic carboxylic acids is 1. The quantitative estimate of drug-likeness (QED) is 0.827. The van der Waals surface area contributed by atoms with E-state index in [4.69, 9.17) is 16.7 Å². The van der Waals surface area contributed by atoms with Crippen molar-refractivity contribution in [3.05, 3.63) is 16.4 Å². The first-order valence-corrected chi connectivity index (χ1v) is 6.45. The van der Waals surface area contributed by atoms with Gasteiger partial charge in [-0.2, -0.15) is 5.10 Å². The largest absolute Gasteiger partial charge is 0.481 e. The fourth-order valence-electron chi connectivity index (χ4n) is 1.85. The number of aromatic nitrogens is 2. The monoisotopic (exact) mass is 273 g/mol. The fourth-order valence-corrected chi connectivity index (χ4v) is 2.05. The van der Waals surface area contributed by atoms with Crippen molar-refractivity contribution in [3.63, 3.8) is 0 Å². The molecule has 0 bridgehead atoms. The minimum atomic E-state index is -0.754. The Morgan fingerprint density at radius 2 is 2.22 bits per heavy atom. The van der Waals surface area contributed by atoms with Crippen molar-refractivity contribution >= 4 is 17.6 Å². The first kappa shape index (κ1) is 15.0. The van der Waals surface area contributed by atoms with Crippen LogP contribution < -0.4 is 0 Å². The Balaban J connectivity index is 2.58. The van der Waals surface area contributed by atoms with Crippen LogP contribution in [0.1, 0.15) is 31.2 Å². The molecule has 5 nitrogen and oxygen atoms in total. The minimum Gasteiger partial charge on any atom is -0.481 e. The van der Waals surface area contributed by atoms with E-state index >= 15 is 0 Å². The molecule has 0 fully saturated rings. The number of carboxylic acids is 1. The van der Waals surface area contributed by atoms with Crippen molar-refractivity contribution in [3.8, 4) is 0 Å². The van der Waals surface area contributed by atoms with Crippen molar-refractivity contribution in [2.75, 3.05) is 13.6 Å². The van der Waals surface area contributed by atoms with E-state index in [9.17, 15) is 4.79 Å². The van der Waals surface area contributed by atoms with E-state index in [1.54, 1.807) is 0 Å². The zero-order chi connectivity index (χ0) is 13.7. The summed E-state index contributed by atoms with van der Waals surface area (Å²) in [5, 5.41) is 13.7. The lowest BCUT2D eigenvalue weighted by Gasteiger charge is -2.17. The summed E-state index contributed by atoms with van der Waals surface area (Å²) in [7, 11) is 1.96. The van der Waals surface area contributed by atoms with Crippen molar-refractivity contribution in [2.24, 2.45) is 0 Å². The molecule has 0 aliphatic carbocycles. The number of rotatable bonds is 7. The van der Waals surface area contributed by atoms with Crippen molar-refractivity contribution < 1.29 is 9.90 Å². The van der Waals surface area contributed by atoms with Crippen LogP contribution in [0.2, 0.25) is 5.02 Å². The number of nitrogens with zero attached hydrogens (tertiary/aromatic N) is 3. The summed E-state index contributed by atoms with van der Waals surface area (Å²) in [5.74, 6) is -0.754. The van der Waals surface area contributed by atoms with E-state index in [0.29, 0.717) is 18.0 Å². The van der Waals surface area contributed by atoms with E-state index in [1.165, 1.54) is 0 Å². The highest BCUT2D eigenvalue weighted by Crippen LogP contribution is 2.21. The highest BCUT2D eigenvalue weighted by atomic mass is 35.5. The van der Waals surface area contributed by atoms with Gasteiger partial charge < -0.3 is 10.0 Å². The fraction of sp³-hybridized carbons (Fsp3) is 0.667. The lowest BCUT2D eigenvalue weighted by Crippen LogP contribution is -2.22. The number of aryl methyl sites for hydroxylation is 2. The Bertz CT molecular complexity index is 418. The highest BCUT2D eigenvalue weighted by Gasteiger charge is 2.14. The SMILES string of the molecule is CCn1nc(C)c(Cl)c1CN(C)CCCC(=O)O. The second-order valence-electron chi connectivity index (χ2n) is 4.40. The van der Waals surface area contributed by atoms with Crippen LogP contribution in [0.4, 0.5) is 0 Å². The Morgan fingerprint density at radius 1 is 1.56 bits per heavy atom. The van der Waals surface area contributed by atoms with Gasteiger partial charge in [-0.05, 0) is 33.9 Å². The van der Waals surface area contributed by atoms with Gasteiger partial charge in [0.25, 0.3) is 0 Å². The molecule has 102 valence electrons. The summed E-state index contributed by atoms with van der Waals surface area (Å²) in [6.07, 6.45) is 0.840. The zero-order valence-corrected chi connectivity index (χ0v) is 11.9. The molecule has 0 spiro atoms. The van der Waals surface area contributed by atoms with E-state index in [1.807, 2.05) is 25.6 Å². The Morgan fingerprint density at radius 3 is 2.78 bits per heavy atom. The second-order valence-corrected chi connectivity index (χ2v) is 4.77. The zero-order valence-electron chi connectivity index (χ0n) is 11.1. The molecular weight excluding hydrogens is 254 g/mol. The van der Waals surface area contributed by atoms with Crippen molar-refractivity contribution in [1.82, 2.24) is 14.7 Å². The molecule has 0 unspecified atom stereocenters. The predicted octanol–water partition coefficient (Wildman–Crippen LogP) is 2.16. The summed E-state index contributed by atoms with van der Waals surface area (Å²) in [6, 6.07) is 0. The molecule has 0 atom stereocenters. The number of carboxylic acid groups (broad SMARTS) is 1. The molecular formula is C12H20ClN3O2. The van der Waals surface area contributed by atoms with Gasteiger partial charge in [0.15, 0.2) is 0 Å². The standard InChI is InChI=1S/C12H20ClN3O2/c1-4-16-10(12(13)9(2)14-16)8-15(3)7-5-6-11(17)18/h4-8H2,1-3H3,(H,17,18). The van der Waals surface area contributed by atoms with Gasteiger partial charge in [-0.3, -0.25) is 9.48 Å². The van der Waals surface area contributed by atoms with Gasteiger partial charge in [0.05, 0.1) is 16.4 Å². The average Bonchev–Trinajstić information content (AvgIpc) is 2.56. The molecule has 0 aromatic carbocycles. The summed E-state index contributed by atoms with van der Waals surface area (Å²) < 4.78 is 1.89. The van der Waals surface area contributed by atoms with Crippen LogP contribution in [-0.2, 0) is 17.9 Å². The first-order chi connectivity index (χ1) is 8.45. The molecule has 0 amide bonds. The smallest absolute Gasteiger partial charge is 0.303 e. The van der Waals surface area contributed by atoms with Crippen LogP contribution in [0, 0.1) is 6.92 Å². The third kappa shape index (κ3) is 3.99. The third-order valence-corrected chi connectivity index (χ3v) is 3.29. The van der Waals surface area contributed by atoms with Gasteiger partial charge in [-0.15, -0.1) is 0 Å². The number of hydrogen-bond donors (Lipinski definition) is 1. The van der Waals surface area contributed by atoms with Gasteiger partial charge in [-0.1, -0.05) is 11.6 Å². The summed E-state index contributed by atoms with van der Waals surface area (Å²) in [5.41, 5.74) is 1.84. The molecule has 1 aromatic rings. The van der Waals surface area contributed by atoms with Gasteiger partial charge >= 0.3 is 5.97 Å². The molecule has 1 aromatic heterocycles. The van der Waals surface area contributed by atoms with Gasteiger partial charge in [0.2, 0.25) is 0 Å². The van der Waals surface area contributed by atoms with Crippen LogP contribution in [0.25, 0.3) is 0 Å². The highest BCUT2D eigenvalue weighted by molar-refractivity contribution is 6.31. The average molecular weight is 274 g/mol. The normalized spacial score (nSPS) is 11.2. The number of halogens is 1. The number of carbonyl (C=O) groups is 1. The van der Waals surface area contributed by atoms with Crippen LogP contribution in [0.3, 0.4) is 0 Å². The maximum Gasteiger partial charge on any atom is 0.303 e. The molecule has 18 heavy (non-hydrogen) atoms. The lowest BCUT2D eigenvalue weighted by molar-refractivity contribution is -0.137.